The number of hydrogen-bond donors (Lipinski definition) is 1. The molecule has 1 aliphatic heterocycles. The van der Waals surface area contributed by atoms with Crippen LogP contribution in [-0.4, -0.2) is 33.0 Å². The fraction of sp³-hybridized carbons (Fsp3) is 0.385. The number of anilines is 1. The first-order valence-electron chi connectivity index (χ1n) is 11.3. The van der Waals surface area contributed by atoms with E-state index in [4.69, 9.17) is 4.74 Å². The second kappa shape index (κ2) is 9.57. The highest BCUT2D eigenvalue weighted by atomic mass is 16.5. The summed E-state index contributed by atoms with van der Waals surface area (Å²) >= 11 is 0. The molecular formula is C26H32N4O2. The van der Waals surface area contributed by atoms with Crippen molar-refractivity contribution in [2.75, 3.05) is 11.9 Å². The van der Waals surface area contributed by atoms with E-state index in [1.807, 2.05) is 62.6 Å². The monoisotopic (exact) mass is 432 g/mol. The summed E-state index contributed by atoms with van der Waals surface area (Å²) in [5, 5.41) is 3.13. The topological polar surface area (TPSA) is 59.4 Å². The van der Waals surface area contributed by atoms with Gasteiger partial charge in [-0.15, -0.1) is 0 Å². The van der Waals surface area contributed by atoms with Gasteiger partial charge in [-0.1, -0.05) is 30.3 Å². The number of rotatable bonds is 7. The lowest BCUT2D eigenvalue weighted by molar-refractivity contribution is -0.122. The Hall–Kier alpha value is -3.12. The number of benzene rings is 2. The number of amides is 1. The van der Waals surface area contributed by atoms with E-state index in [2.05, 4.69) is 45.7 Å². The van der Waals surface area contributed by atoms with Crippen molar-refractivity contribution < 1.29 is 9.53 Å². The van der Waals surface area contributed by atoms with Gasteiger partial charge < -0.3 is 14.6 Å². The number of fused-ring (bicyclic) bond motifs is 1. The minimum atomic E-state index is -0.407. The van der Waals surface area contributed by atoms with Crippen LogP contribution in [0.5, 0.6) is 5.75 Å². The Morgan fingerprint density at radius 2 is 1.81 bits per heavy atom. The Kier molecular flexibility index (Phi) is 6.61. The van der Waals surface area contributed by atoms with Crippen molar-refractivity contribution in [1.29, 1.82) is 0 Å². The van der Waals surface area contributed by atoms with E-state index in [0.717, 1.165) is 35.8 Å². The van der Waals surface area contributed by atoms with Crippen molar-refractivity contribution in [2.24, 2.45) is 0 Å². The molecule has 1 atom stereocenters. The van der Waals surface area contributed by atoms with Gasteiger partial charge in [0.25, 0.3) is 0 Å². The van der Waals surface area contributed by atoms with Gasteiger partial charge in [-0.05, 0) is 57.5 Å². The number of carbonyl (C=O) groups excluding carboxylic acids is 1. The third-order valence-corrected chi connectivity index (χ3v) is 5.70. The summed E-state index contributed by atoms with van der Waals surface area (Å²) < 4.78 is 7.85. The van der Waals surface area contributed by atoms with Crippen LogP contribution in [0.25, 0.3) is 0 Å². The SMILES string of the molecule is CC(C)Oc1ccc(NC(=O)[C@@H]2c3c(ncn3C(C)C)CCN2Cc2ccccc2)cc1. The van der Waals surface area contributed by atoms with Gasteiger partial charge in [-0.25, -0.2) is 4.98 Å². The first-order chi connectivity index (χ1) is 15.4. The Balaban J connectivity index is 1.62. The van der Waals surface area contributed by atoms with Gasteiger partial charge in [0.1, 0.15) is 11.8 Å². The second-order valence-electron chi connectivity index (χ2n) is 8.87. The number of imidazole rings is 1. The Morgan fingerprint density at radius 1 is 1.09 bits per heavy atom. The lowest BCUT2D eigenvalue weighted by Gasteiger charge is -2.36. The van der Waals surface area contributed by atoms with Crippen LogP contribution in [0.4, 0.5) is 5.69 Å². The molecule has 6 nitrogen and oxygen atoms in total. The number of nitrogens with zero attached hydrogens (tertiary/aromatic N) is 3. The number of nitrogens with one attached hydrogen (secondary N) is 1. The first-order valence-corrected chi connectivity index (χ1v) is 11.3. The summed E-state index contributed by atoms with van der Waals surface area (Å²) in [6.45, 7) is 9.74. The molecule has 1 aliphatic rings. The highest BCUT2D eigenvalue weighted by Gasteiger charge is 2.37. The van der Waals surface area contributed by atoms with Crippen LogP contribution in [0.2, 0.25) is 0 Å². The first kappa shape index (κ1) is 22.1. The summed E-state index contributed by atoms with van der Waals surface area (Å²) in [6.07, 6.45) is 2.83. The van der Waals surface area contributed by atoms with Crippen molar-refractivity contribution in [3.8, 4) is 5.75 Å². The van der Waals surface area contributed by atoms with Gasteiger partial charge >= 0.3 is 0 Å². The lowest BCUT2D eigenvalue weighted by Crippen LogP contribution is -2.42. The third kappa shape index (κ3) is 4.86. The molecule has 3 aromatic rings. The minimum absolute atomic E-state index is 0.0400. The molecule has 1 N–H and O–H groups in total. The van der Waals surface area contributed by atoms with E-state index in [0.29, 0.717) is 6.54 Å². The lowest BCUT2D eigenvalue weighted by atomic mass is 9.99. The number of ether oxygens (including phenoxy) is 1. The van der Waals surface area contributed by atoms with Crippen LogP contribution in [0.3, 0.4) is 0 Å². The fourth-order valence-corrected chi connectivity index (χ4v) is 4.24. The largest absolute Gasteiger partial charge is 0.491 e. The van der Waals surface area contributed by atoms with Gasteiger partial charge in [0.15, 0.2) is 0 Å². The third-order valence-electron chi connectivity index (χ3n) is 5.70. The molecule has 168 valence electrons. The summed E-state index contributed by atoms with van der Waals surface area (Å²) in [5.41, 5.74) is 3.97. The van der Waals surface area contributed by atoms with Gasteiger partial charge in [-0.3, -0.25) is 9.69 Å². The molecule has 4 rings (SSSR count). The van der Waals surface area contributed by atoms with Crippen LogP contribution < -0.4 is 10.1 Å². The number of carbonyl (C=O) groups is 1. The predicted octanol–water partition coefficient (Wildman–Crippen LogP) is 4.99. The van der Waals surface area contributed by atoms with Crippen LogP contribution in [0.15, 0.2) is 60.9 Å². The number of hydrogen-bond acceptors (Lipinski definition) is 4. The van der Waals surface area contributed by atoms with Crippen molar-refractivity contribution in [2.45, 2.75) is 58.8 Å². The van der Waals surface area contributed by atoms with Gasteiger partial charge in [0.05, 0.1) is 23.8 Å². The summed E-state index contributed by atoms with van der Waals surface area (Å²) in [4.78, 5) is 20.5. The second-order valence-corrected chi connectivity index (χ2v) is 8.87. The maximum atomic E-state index is 13.6. The van der Waals surface area contributed by atoms with E-state index in [1.54, 1.807) is 0 Å². The van der Waals surface area contributed by atoms with Gasteiger partial charge in [0.2, 0.25) is 5.91 Å². The molecule has 0 radical (unpaired) electrons. The average Bonchev–Trinajstić information content (AvgIpc) is 3.20. The Labute approximate surface area is 190 Å². The van der Waals surface area contributed by atoms with Crippen molar-refractivity contribution in [3.05, 3.63) is 77.9 Å². The van der Waals surface area contributed by atoms with Crippen LogP contribution in [-0.2, 0) is 17.8 Å². The van der Waals surface area contributed by atoms with E-state index in [9.17, 15) is 4.79 Å². The van der Waals surface area contributed by atoms with E-state index in [1.165, 1.54) is 5.56 Å². The zero-order valence-corrected chi connectivity index (χ0v) is 19.3. The number of aromatic nitrogens is 2. The van der Waals surface area contributed by atoms with E-state index < -0.39 is 6.04 Å². The molecule has 0 bridgehead atoms. The molecule has 0 spiro atoms. The van der Waals surface area contributed by atoms with Crippen LogP contribution >= 0.6 is 0 Å². The van der Waals surface area contributed by atoms with Crippen LogP contribution in [0.1, 0.15) is 56.7 Å². The molecule has 0 aliphatic carbocycles. The smallest absolute Gasteiger partial charge is 0.247 e. The van der Waals surface area contributed by atoms with Crippen molar-refractivity contribution in [3.63, 3.8) is 0 Å². The standard InChI is InChI=1S/C26H32N4O2/c1-18(2)30-17-27-23-14-15-29(16-20-8-6-5-7-9-20)25(24(23)30)26(31)28-21-10-12-22(13-11-21)32-19(3)4/h5-13,17-19,25H,14-16H2,1-4H3,(H,28,31)/t25-/m0/s1. The van der Waals surface area contributed by atoms with E-state index in [-0.39, 0.29) is 18.1 Å². The summed E-state index contributed by atoms with van der Waals surface area (Å²) in [7, 11) is 0. The highest BCUT2D eigenvalue weighted by Crippen LogP contribution is 2.33. The predicted molar refractivity (Wildman–Crippen MR) is 127 cm³/mol. The van der Waals surface area contributed by atoms with Gasteiger partial charge in [-0.2, -0.15) is 0 Å². The highest BCUT2D eigenvalue weighted by molar-refractivity contribution is 5.95. The molecule has 1 aromatic heterocycles. The molecule has 0 fully saturated rings. The molecular weight excluding hydrogens is 400 g/mol. The molecule has 2 heterocycles. The molecule has 0 saturated heterocycles. The molecule has 0 saturated carbocycles. The van der Waals surface area contributed by atoms with Crippen LogP contribution in [0, 0.1) is 0 Å². The van der Waals surface area contributed by atoms with E-state index >= 15 is 0 Å². The molecule has 0 unspecified atom stereocenters. The summed E-state index contributed by atoms with van der Waals surface area (Å²) in [5.74, 6) is 0.753. The zero-order chi connectivity index (χ0) is 22.7. The van der Waals surface area contributed by atoms with Gasteiger partial charge in [0, 0.05) is 31.2 Å². The average molecular weight is 433 g/mol. The molecule has 32 heavy (non-hydrogen) atoms. The van der Waals surface area contributed by atoms with Crippen molar-refractivity contribution >= 4 is 11.6 Å². The maximum Gasteiger partial charge on any atom is 0.247 e. The zero-order valence-electron chi connectivity index (χ0n) is 19.3. The Morgan fingerprint density at radius 3 is 2.47 bits per heavy atom. The molecule has 1 amide bonds. The fourth-order valence-electron chi connectivity index (χ4n) is 4.24. The molecule has 6 heteroatoms. The van der Waals surface area contributed by atoms with Crippen molar-refractivity contribution in [1.82, 2.24) is 14.5 Å². The quantitative estimate of drug-likeness (QED) is 0.571. The molecule has 2 aromatic carbocycles. The Bertz CT molecular complexity index is 1040. The normalized spacial score (nSPS) is 16.2. The maximum absolute atomic E-state index is 13.6. The summed E-state index contributed by atoms with van der Waals surface area (Å²) in [6, 6.07) is 17.7. The minimum Gasteiger partial charge on any atom is -0.491 e.